The van der Waals surface area contributed by atoms with E-state index in [0.717, 1.165) is 44.6 Å². The van der Waals surface area contributed by atoms with Gasteiger partial charge in [0, 0.05) is 73.1 Å². The van der Waals surface area contributed by atoms with Crippen LogP contribution < -0.4 is 15.4 Å². The van der Waals surface area contributed by atoms with Crippen LogP contribution in [0.25, 0.3) is 21.3 Å². The standard InChI is InChI=1S/C54H69F3N6O7S/c1-32-24-40-39-14-10-11-15-43(39)60-47(40)48(63(32)30-54(7,8)57)46-41(55)26-38(27-42(46)56)70-23-22-68-20-12-9-13-21-69-29-45(65)61-50(53(4,5)6)52(67)62-28-37(64)25-44(62)51(66)59-33(2)35-16-18-36(19-17-35)49-34(3)58-31-71-49/h10-11,14-19,26-27,31-33,37,44,48,50,60,64H,9,12-13,20-25,28-30H2,1-8H3,(H,59,66)(H,61,65)/t32-,33+,37-,44+,48-,50-/m1/s1. The molecule has 13 nitrogen and oxygen atoms in total. The zero-order chi connectivity index (χ0) is 51.2. The highest BCUT2D eigenvalue weighted by molar-refractivity contribution is 7.13. The smallest absolute Gasteiger partial charge is 0.246 e. The molecular weight excluding hydrogens is 934 g/mol. The summed E-state index contributed by atoms with van der Waals surface area (Å²) < 4.78 is 64.3. The quantitative estimate of drug-likeness (QED) is 0.0527. The van der Waals surface area contributed by atoms with Gasteiger partial charge in [-0.3, -0.25) is 19.3 Å². The van der Waals surface area contributed by atoms with Crippen molar-refractivity contribution in [3.63, 3.8) is 0 Å². The van der Waals surface area contributed by atoms with Crippen LogP contribution in [0.4, 0.5) is 13.2 Å². The van der Waals surface area contributed by atoms with E-state index in [-0.39, 0.29) is 68.6 Å². The molecule has 1 saturated heterocycles. The second-order valence-corrected chi connectivity index (χ2v) is 21.5. The Morgan fingerprint density at radius 3 is 2.30 bits per heavy atom. The molecule has 2 aliphatic rings. The first-order valence-corrected chi connectivity index (χ1v) is 25.5. The first kappa shape index (κ1) is 53.5. The van der Waals surface area contributed by atoms with Gasteiger partial charge in [0.05, 0.1) is 40.9 Å². The minimum atomic E-state index is -1.60. The molecule has 384 valence electrons. The number of aryl methyl sites for hydroxylation is 1. The molecule has 0 radical (unpaired) electrons. The molecule has 71 heavy (non-hydrogen) atoms. The lowest BCUT2D eigenvalue weighted by molar-refractivity contribution is -0.144. The Bertz CT molecular complexity index is 2600. The summed E-state index contributed by atoms with van der Waals surface area (Å²) in [6.07, 6.45) is 1.89. The SMILES string of the molecule is Cc1ncsc1-c1ccc([C@H](C)NC(=O)[C@@H]2C[C@@H](O)CN2C(=O)[C@@H](NC(=O)COCCCCCOCCOc2cc(F)c([C@@H]3c4[nH]c5ccccc5c4C[C@@H](C)N3CC(C)(C)F)c(F)c2)C(C)(C)C)cc1. The highest BCUT2D eigenvalue weighted by Gasteiger charge is 2.45. The number of β-amino-alcohol motifs (C(OH)–C–C–N with tert-alkyl or cyclic N) is 1. The summed E-state index contributed by atoms with van der Waals surface area (Å²) >= 11 is 1.57. The third kappa shape index (κ3) is 13.2. The number of aromatic nitrogens is 2. The summed E-state index contributed by atoms with van der Waals surface area (Å²) in [6.45, 7) is 14.9. The number of aliphatic hydroxyl groups excluding tert-OH is 1. The molecule has 0 bridgehead atoms. The molecule has 7 rings (SSSR count). The predicted octanol–water partition coefficient (Wildman–Crippen LogP) is 8.91. The Kier molecular flexibility index (Phi) is 17.4. The number of unbranched alkanes of at least 4 members (excludes halogenated alkanes) is 2. The third-order valence-electron chi connectivity index (χ3n) is 13.3. The van der Waals surface area contributed by atoms with Crippen molar-refractivity contribution < 1.29 is 46.9 Å². The minimum Gasteiger partial charge on any atom is -0.491 e. The number of likely N-dealkylation sites (tertiary alicyclic amines) is 1. The molecule has 2 aromatic heterocycles. The van der Waals surface area contributed by atoms with Gasteiger partial charge in [-0.05, 0) is 88.5 Å². The first-order chi connectivity index (χ1) is 33.7. The molecule has 2 aliphatic heterocycles. The van der Waals surface area contributed by atoms with Crippen molar-refractivity contribution in [2.75, 3.05) is 46.1 Å². The van der Waals surface area contributed by atoms with Gasteiger partial charge in [0.25, 0.3) is 0 Å². The van der Waals surface area contributed by atoms with Crippen molar-refractivity contribution in [1.29, 1.82) is 0 Å². The number of carbonyl (C=O) groups excluding carboxylic acids is 3. The summed E-state index contributed by atoms with van der Waals surface area (Å²) in [5.41, 5.74) is 4.70. The molecule has 0 unspecified atom stereocenters. The monoisotopic (exact) mass is 1000 g/mol. The van der Waals surface area contributed by atoms with Crippen LogP contribution in [0.3, 0.4) is 0 Å². The van der Waals surface area contributed by atoms with E-state index in [1.165, 1.54) is 30.9 Å². The molecule has 3 amide bonds. The summed E-state index contributed by atoms with van der Waals surface area (Å²) in [7, 11) is 0. The molecule has 1 fully saturated rings. The largest absolute Gasteiger partial charge is 0.491 e. The van der Waals surface area contributed by atoms with Crippen LogP contribution in [0.2, 0.25) is 0 Å². The van der Waals surface area contributed by atoms with Crippen molar-refractivity contribution in [2.24, 2.45) is 5.41 Å². The van der Waals surface area contributed by atoms with Crippen LogP contribution in [-0.2, 0) is 30.3 Å². The number of nitrogens with zero attached hydrogens (tertiary/aromatic N) is 3. The Labute approximate surface area is 418 Å². The number of hydrogen-bond acceptors (Lipinski definition) is 10. The number of halogens is 3. The zero-order valence-corrected chi connectivity index (χ0v) is 42.9. The number of amides is 3. The maximum Gasteiger partial charge on any atom is 0.246 e. The van der Waals surface area contributed by atoms with Crippen LogP contribution in [0.15, 0.2) is 66.2 Å². The molecule has 0 spiro atoms. The van der Waals surface area contributed by atoms with Crippen LogP contribution in [0, 0.1) is 24.0 Å². The van der Waals surface area contributed by atoms with Crippen molar-refractivity contribution in [2.45, 2.75) is 129 Å². The summed E-state index contributed by atoms with van der Waals surface area (Å²) in [4.78, 5) is 52.8. The fourth-order valence-electron chi connectivity index (χ4n) is 9.69. The second-order valence-electron chi connectivity index (χ2n) is 20.7. The fraction of sp³-hybridized carbons (Fsp3) is 0.519. The van der Waals surface area contributed by atoms with Crippen molar-refractivity contribution >= 4 is 40.0 Å². The number of hydrogen-bond donors (Lipinski definition) is 4. The van der Waals surface area contributed by atoms with Gasteiger partial charge >= 0.3 is 0 Å². The molecule has 4 heterocycles. The van der Waals surface area contributed by atoms with Gasteiger partial charge in [-0.2, -0.15) is 0 Å². The van der Waals surface area contributed by atoms with E-state index in [1.807, 2.05) is 100 Å². The minimum absolute atomic E-state index is 0.0154. The molecule has 4 N–H and O–H groups in total. The second kappa shape index (κ2) is 23.0. The van der Waals surface area contributed by atoms with Gasteiger partial charge in [-0.15, -0.1) is 11.3 Å². The average Bonchev–Trinajstić information content (AvgIpc) is 4.03. The van der Waals surface area contributed by atoms with Gasteiger partial charge < -0.3 is 39.8 Å². The number of aliphatic hydroxyl groups is 1. The van der Waals surface area contributed by atoms with Crippen molar-refractivity contribution in [3.8, 4) is 16.2 Å². The summed E-state index contributed by atoms with van der Waals surface area (Å²) in [5, 5.41) is 17.4. The van der Waals surface area contributed by atoms with Crippen molar-refractivity contribution in [1.82, 2.24) is 30.4 Å². The molecular formula is C54H69F3N6O7S. The Hall–Kier alpha value is -5.33. The number of aromatic amines is 1. The highest BCUT2D eigenvalue weighted by Crippen LogP contribution is 2.44. The van der Waals surface area contributed by atoms with Gasteiger partial charge in [-0.25, -0.2) is 18.2 Å². The Morgan fingerprint density at radius 1 is 0.944 bits per heavy atom. The van der Waals surface area contributed by atoms with Crippen LogP contribution >= 0.6 is 11.3 Å². The lowest BCUT2D eigenvalue weighted by atomic mass is 9.85. The lowest BCUT2D eigenvalue weighted by Crippen LogP contribution is -2.58. The highest BCUT2D eigenvalue weighted by atomic mass is 32.1. The van der Waals surface area contributed by atoms with Crippen molar-refractivity contribution in [3.05, 3.63) is 106 Å². The van der Waals surface area contributed by atoms with E-state index in [0.29, 0.717) is 38.2 Å². The van der Waals surface area contributed by atoms with E-state index in [1.54, 1.807) is 11.3 Å². The number of benzene rings is 3. The normalized spacial score (nSPS) is 19.4. The Morgan fingerprint density at radius 2 is 1.63 bits per heavy atom. The van der Waals surface area contributed by atoms with E-state index >= 15 is 13.2 Å². The number of para-hydroxylation sites is 1. The molecule has 6 atom stereocenters. The number of ether oxygens (including phenoxy) is 3. The fourth-order valence-corrected chi connectivity index (χ4v) is 10.5. The van der Waals surface area contributed by atoms with Gasteiger partial charge in [0.1, 0.15) is 48.4 Å². The van der Waals surface area contributed by atoms with Crippen LogP contribution in [-0.4, -0.2) is 119 Å². The number of fused-ring (bicyclic) bond motifs is 3. The summed E-state index contributed by atoms with van der Waals surface area (Å²) in [5.74, 6) is -2.85. The topological polar surface area (TPSA) is 158 Å². The maximum absolute atomic E-state index is 16.0. The molecule has 5 aromatic rings. The number of thiazole rings is 1. The number of carbonyl (C=O) groups is 3. The van der Waals surface area contributed by atoms with E-state index in [4.69, 9.17) is 14.2 Å². The van der Waals surface area contributed by atoms with Crippen LogP contribution in [0.1, 0.15) is 114 Å². The number of alkyl halides is 1. The van der Waals surface area contributed by atoms with E-state index in [9.17, 15) is 19.5 Å². The van der Waals surface area contributed by atoms with Gasteiger partial charge in [-0.1, -0.05) is 63.2 Å². The zero-order valence-electron chi connectivity index (χ0n) is 42.1. The molecule has 0 saturated carbocycles. The Balaban J connectivity index is 0.815. The van der Waals surface area contributed by atoms with Gasteiger partial charge in [0.15, 0.2) is 0 Å². The molecule has 3 aromatic carbocycles. The third-order valence-corrected chi connectivity index (χ3v) is 14.2. The van der Waals surface area contributed by atoms with E-state index in [2.05, 4.69) is 20.6 Å². The molecule has 17 heteroatoms. The predicted molar refractivity (Wildman–Crippen MR) is 269 cm³/mol. The van der Waals surface area contributed by atoms with E-state index < -0.39 is 58.8 Å². The number of H-pyrrole nitrogens is 1. The number of rotatable bonds is 21. The lowest BCUT2D eigenvalue weighted by Gasteiger charge is -2.43. The maximum atomic E-state index is 16.0. The first-order valence-electron chi connectivity index (χ1n) is 24.6. The number of nitrogens with one attached hydrogen (secondary N) is 3. The molecule has 0 aliphatic carbocycles. The average molecular weight is 1000 g/mol. The summed E-state index contributed by atoms with van der Waals surface area (Å²) in [6, 6.07) is 14.7. The van der Waals surface area contributed by atoms with Gasteiger partial charge in [0.2, 0.25) is 17.7 Å². The van der Waals surface area contributed by atoms with Crippen LogP contribution in [0.5, 0.6) is 5.75 Å².